The Kier molecular flexibility index (Phi) is 4.36. The summed E-state index contributed by atoms with van der Waals surface area (Å²) in [5.74, 6) is 1.12. The smallest absolute Gasteiger partial charge is 0.227 e. The highest BCUT2D eigenvalue weighted by atomic mass is 32.1. The highest BCUT2D eigenvalue weighted by Gasteiger charge is 2.39. The fourth-order valence-corrected chi connectivity index (χ4v) is 3.83. The van der Waals surface area contributed by atoms with Crippen LogP contribution in [-0.2, 0) is 16.8 Å². The van der Waals surface area contributed by atoms with Crippen molar-refractivity contribution in [2.75, 3.05) is 0 Å². The molecular formula is C19H19N3O2S. The Morgan fingerprint density at radius 2 is 2.04 bits per heavy atom. The molecule has 5 nitrogen and oxygen atoms in total. The number of aromatic nitrogens is 2. The van der Waals surface area contributed by atoms with E-state index < -0.39 is 0 Å². The summed E-state index contributed by atoms with van der Waals surface area (Å²) in [6.07, 6.45) is 3.93. The monoisotopic (exact) mass is 353 g/mol. The van der Waals surface area contributed by atoms with Crippen LogP contribution < -0.4 is 5.32 Å². The third kappa shape index (κ3) is 3.35. The number of thiophene rings is 1. The lowest BCUT2D eigenvalue weighted by atomic mass is 9.71. The van der Waals surface area contributed by atoms with Gasteiger partial charge in [0.1, 0.15) is 0 Å². The number of hydrogen-bond acceptors (Lipinski definition) is 5. The first-order chi connectivity index (χ1) is 12.3. The largest absolute Gasteiger partial charge is 0.347 e. The zero-order valence-corrected chi connectivity index (χ0v) is 14.6. The quantitative estimate of drug-likeness (QED) is 0.729. The molecule has 4 rings (SSSR count). The van der Waals surface area contributed by atoms with Crippen LogP contribution in [-0.4, -0.2) is 16.0 Å². The van der Waals surface area contributed by atoms with Crippen molar-refractivity contribution in [3.8, 4) is 10.7 Å². The second-order valence-electron chi connectivity index (χ2n) is 6.34. The van der Waals surface area contributed by atoms with Crippen LogP contribution in [0.4, 0.5) is 0 Å². The van der Waals surface area contributed by atoms with E-state index in [0.717, 1.165) is 24.1 Å². The molecule has 0 atom stereocenters. The van der Waals surface area contributed by atoms with Gasteiger partial charge in [0.25, 0.3) is 0 Å². The van der Waals surface area contributed by atoms with E-state index in [2.05, 4.69) is 27.6 Å². The van der Waals surface area contributed by atoms with Gasteiger partial charge in [-0.15, -0.1) is 11.3 Å². The lowest BCUT2D eigenvalue weighted by Crippen LogP contribution is -2.50. The molecule has 1 aliphatic rings. The molecule has 1 amide bonds. The number of benzene rings is 1. The molecule has 1 N–H and O–H groups in total. The van der Waals surface area contributed by atoms with E-state index in [0.29, 0.717) is 24.6 Å². The second-order valence-corrected chi connectivity index (χ2v) is 7.29. The molecule has 0 saturated heterocycles. The van der Waals surface area contributed by atoms with E-state index >= 15 is 0 Å². The van der Waals surface area contributed by atoms with Crippen LogP contribution in [0.3, 0.4) is 0 Å². The topological polar surface area (TPSA) is 68.0 Å². The summed E-state index contributed by atoms with van der Waals surface area (Å²) in [5.41, 5.74) is 0.988. The number of carbonyl (C=O) groups excluding carboxylic acids is 1. The van der Waals surface area contributed by atoms with Gasteiger partial charge in [-0.1, -0.05) is 41.6 Å². The third-order valence-electron chi connectivity index (χ3n) is 4.69. The second kappa shape index (κ2) is 6.80. The summed E-state index contributed by atoms with van der Waals surface area (Å²) in [7, 11) is 0. The highest BCUT2D eigenvalue weighted by Crippen LogP contribution is 2.41. The van der Waals surface area contributed by atoms with Gasteiger partial charge in [0.05, 0.1) is 10.4 Å². The Balaban J connectivity index is 1.36. The van der Waals surface area contributed by atoms with Crippen molar-refractivity contribution in [3.63, 3.8) is 0 Å². The van der Waals surface area contributed by atoms with Gasteiger partial charge in [-0.3, -0.25) is 4.79 Å². The SMILES string of the molecule is O=C(CCc1nc(-c2cccs2)no1)NC1(c2ccccc2)CCC1. The first kappa shape index (κ1) is 16.0. The molecular weight excluding hydrogens is 334 g/mol. The van der Waals surface area contributed by atoms with E-state index in [1.807, 2.05) is 35.7 Å². The molecule has 6 heteroatoms. The zero-order chi connectivity index (χ0) is 17.1. The minimum Gasteiger partial charge on any atom is -0.347 e. The fraction of sp³-hybridized carbons (Fsp3) is 0.316. The first-order valence-electron chi connectivity index (χ1n) is 8.48. The van der Waals surface area contributed by atoms with Crippen molar-refractivity contribution in [1.82, 2.24) is 15.5 Å². The standard InChI is InChI=1S/C19H19N3O2S/c23-16(21-19(11-5-12-19)14-6-2-1-3-7-14)9-10-17-20-18(22-24-17)15-8-4-13-25-15/h1-4,6-8,13H,5,9-12H2,(H,21,23). The van der Waals surface area contributed by atoms with Gasteiger partial charge in [0.15, 0.2) is 0 Å². The van der Waals surface area contributed by atoms with Crippen LogP contribution in [0.15, 0.2) is 52.4 Å². The molecule has 3 aromatic rings. The molecule has 1 saturated carbocycles. The summed E-state index contributed by atoms with van der Waals surface area (Å²) >= 11 is 1.57. The number of amides is 1. The van der Waals surface area contributed by atoms with Crippen LogP contribution in [0.1, 0.15) is 37.1 Å². The van der Waals surface area contributed by atoms with Gasteiger partial charge in [0, 0.05) is 12.8 Å². The maximum atomic E-state index is 12.4. The van der Waals surface area contributed by atoms with Gasteiger partial charge in [-0.25, -0.2) is 0 Å². The lowest BCUT2D eigenvalue weighted by Gasteiger charge is -2.43. The summed E-state index contributed by atoms with van der Waals surface area (Å²) in [6.45, 7) is 0. The maximum absolute atomic E-state index is 12.4. The van der Waals surface area contributed by atoms with Gasteiger partial charge < -0.3 is 9.84 Å². The first-order valence-corrected chi connectivity index (χ1v) is 9.36. The van der Waals surface area contributed by atoms with E-state index in [1.54, 1.807) is 11.3 Å². The van der Waals surface area contributed by atoms with Crippen molar-refractivity contribution in [1.29, 1.82) is 0 Å². The Morgan fingerprint density at radius 3 is 2.72 bits per heavy atom. The van der Waals surface area contributed by atoms with Crippen LogP contribution in [0.5, 0.6) is 0 Å². The molecule has 0 spiro atoms. The van der Waals surface area contributed by atoms with Gasteiger partial charge >= 0.3 is 0 Å². The number of aryl methyl sites for hydroxylation is 1. The third-order valence-corrected chi connectivity index (χ3v) is 5.55. The molecule has 0 radical (unpaired) electrons. The highest BCUT2D eigenvalue weighted by molar-refractivity contribution is 7.13. The molecule has 2 heterocycles. The number of rotatable bonds is 6. The number of nitrogens with zero attached hydrogens (tertiary/aromatic N) is 2. The van der Waals surface area contributed by atoms with Gasteiger partial charge in [-0.05, 0) is 36.3 Å². The molecule has 0 aliphatic heterocycles. The van der Waals surface area contributed by atoms with Crippen LogP contribution in [0.2, 0.25) is 0 Å². The molecule has 1 fully saturated rings. The summed E-state index contributed by atoms with van der Waals surface area (Å²) in [4.78, 5) is 17.8. The van der Waals surface area contributed by atoms with Crippen molar-refractivity contribution < 1.29 is 9.32 Å². The normalized spacial score (nSPS) is 15.5. The van der Waals surface area contributed by atoms with Crippen molar-refractivity contribution in [2.24, 2.45) is 0 Å². The molecule has 25 heavy (non-hydrogen) atoms. The zero-order valence-electron chi connectivity index (χ0n) is 13.8. The van der Waals surface area contributed by atoms with Crippen LogP contribution in [0.25, 0.3) is 10.7 Å². The Morgan fingerprint density at radius 1 is 1.20 bits per heavy atom. The summed E-state index contributed by atoms with van der Waals surface area (Å²) in [6, 6.07) is 14.1. The van der Waals surface area contributed by atoms with Crippen molar-refractivity contribution in [2.45, 2.75) is 37.6 Å². The van der Waals surface area contributed by atoms with E-state index in [1.165, 1.54) is 5.56 Å². The summed E-state index contributed by atoms with van der Waals surface area (Å²) < 4.78 is 5.26. The predicted octanol–water partition coefficient (Wildman–Crippen LogP) is 3.93. The Bertz CT molecular complexity index is 839. The average molecular weight is 353 g/mol. The predicted molar refractivity (Wildman–Crippen MR) is 96.0 cm³/mol. The molecule has 128 valence electrons. The molecule has 1 aromatic carbocycles. The van der Waals surface area contributed by atoms with Crippen LogP contribution in [0, 0.1) is 0 Å². The molecule has 0 unspecified atom stereocenters. The molecule has 0 bridgehead atoms. The average Bonchev–Trinajstić information content (AvgIpc) is 3.28. The minimum absolute atomic E-state index is 0.0272. The molecule has 2 aromatic heterocycles. The van der Waals surface area contributed by atoms with Gasteiger partial charge in [-0.2, -0.15) is 4.98 Å². The number of hydrogen-bond donors (Lipinski definition) is 1. The van der Waals surface area contributed by atoms with E-state index in [4.69, 9.17) is 4.52 Å². The van der Waals surface area contributed by atoms with E-state index in [-0.39, 0.29) is 11.4 Å². The minimum atomic E-state index is -0.199. The number of carbonyl (C=O) groups is 1. The molecule has 1 aliphatic carbocycles. The maximum Gasteiger partial charge on any atom is 0.227 e. The Hall–Kier alpha value is -2.47. The summed E-state index contributed by atoms with van der Waals surface area (Å²) in [5, 5.41) is 9.18. The van der Waals surface area contributed by atoms with Crippen molar-refractivity contribution in [3.05, 3.63) is 59.3 Å². The van der Waals surface area contributed by atoms with Crippen LogP contribution >= 0.6 is 11.3 Å². The van der Waals surface area contributed by atoms with Gasteiger partial charge in [0.2, 0.25) is 17.6 Å². The lowest BCUT2D eigenvalue weighted by molar-refractivity contribution is -0.124. The fourth-order valence-electron chi connectivity index (χ4n) is 3.19. The van der Waals surface area contributed by atoms with Crippen molar-refractivity contribution >= 4 is 17.2 Å². The van der Waals surface area contributed by atoms with E-state index in [9.17, 15) is 4.79 Å². The number of nitrogens with one attached hydrogen (secondary N) is 1. The Labute approximate surface area is 150 Å².